The minimum atomic E-state index is -3.46. The molecule has 1 aliphatic rings. The highest BCUT2D eigenvalue weighted by Crippen LogP contribution is 2.21. The molecule has 8 heteroatoms. The van der Waals surface area contributed by atoms with Gasteiger partial charge in [0.15, 0.2) is 0 Å². The fourth-order valence-corrected chi connectivity index (χ4v) is 4.02. The molecule has 1 fully saturated rings. The molecule has 1 atom stereocenters. The first-order valence-electron chi connectivity index (χ1n) is 7.18. The molecule has 0 aliphatic carbocycles. The van der Waals surface area contributed by atoms with Gasteiger partial charge in [-0.05, 0) is 24.1 Å². The zero-order valence-corrected chi connectivity index (χ0v) is 13.1. The molecule has 0 bridgehead atoms. The lowest BCUT2D eigenvalue weighted by molar-refractivity contribution is 0.206. The van der Waals surface area contributed by atoms with E-state index in [1.165, 1.54) is 41.0 Å². The number of sulfonamides is 1. The van der Waals surface area contributed by atoms with Crippen molar-refractivity contribution in [3.8, 4) is 5.88 Å². The number of halogens is 1. The number of nitrogens with zero attached hydrogens (tertiary/aromatic N) is 3. The standard InChI is InChI=1S/C15H16FN3O3S/c16-13-3-1-12(2-4-13)11-23(20,21)19-8-5-14(10-19)22-15-9-17-6-7-18-15/h1-4,6-7,9,14H,5,8,10-11H2. The lowest BCUT2D eigenvalue weighted by Gasteiger charge is -2.17. The predicted octanol–water partition coefficient (Wildman–Crippen LogP) is 1.60. The summed E-state index contributed by atoms with van der Waals surface area (Å²) in [6.07, 6.45) is 4.91. The van der Waals surface area contributed by atoms with Crippen molar-refractivity contribution in [1.29, 1.82) is 0 Å². The summed E-state index contributed by atoms with van der Waals surface area (Å²) in [7, 11) is -3.46. The zero-order valence-electron chi connectivity index (χ0n) is 12.3. The smallest absolute Gasteiger partial charge is 0.232 e. The highest BCUT2D eigenvalue weighted by atomic mass is 32.2. The van der Waals surface area contributed by atoms with E-state index < -0.39 is 10.0 Å². The number of rotatable bonds is 5. The van der Waals surface area contributed by atoms with Crippen LogP contribution >= 0.6 is 0 Å². The quantitative estimate of drug-likeness (QED) is 0.829. The van der Waals surface area contributed by atoms with Crippen molar-refractivity contribution < 1.29 is 17.5 Å². The van der Waals surface area contributed by atoms with Gasteiger partial charge >= 0.3 is 0 Å². The normalized spacial score (nSPS) is 18.9. The number of hydrogen-bond acceptors (Lipinski definition) is 5. The van der Waals surface area contributed by atoms with Gasteiger partial charge in [0.2, 0.25) is 15.9 Å². The zero-order chi connectivity index (χ0) is 16.3. The highest BCUT2D eigenvalue weighted by molar-refractivity contribution is 7.88. The van der Waals surface area contributed by atoms with Crippen LogP contribution in [0.3, 0.4) is 0 Å². The van der Waals surface area contributed by atoms with Gasteiger partial charge in [0, 0.05) is 18.9 Å². The van der Waals surface area contributed by atoms with Gasteiger partial charge in [0.25, 0.3) is 0 Å². The van der Waals surface area contributed by atoms with Gasteiger partial charge in [-0.1, -0.05) is 12.1 Å². The molecular formula is C15H16FN3O3S. The molecule has 1 aliphatic heterocycles. The summed E-state index contributed by atoms with van der Waals surface area (Å²) in [6, 6.07) is 5.48. The molecule has 0 saturated carbocycles. The molecule has 0 amide bonds. The molecule has 6 nitrogen and oxygen atoms in total. The Morgan fingerprint density at radius 3 is 2.74 bits per heavy atom. The molecule has 1 aromatic carbocycles. The first-order chi connectivity index (χ1) is 11.0. The van der Waals surface area contributed by atoms with Crippen LogP contribution in [-0.2, 0) is 15.8 Å². The van der Waals surface area contributed by atoms with Crippen LogP contribution in [0.15, 0.2) is 42.9 Å². The van der Waals surface area contributed by atoms with Crippen LogP contribution in [0.2, 0.25) is 0 Å². The lowest BCUT2D eigenvalue weighted by Crippen LogP contribution is -2.32. The largest absolute Gasteiger partial charge is 0.472 e. The van der Waals surface area contributed by atoms with E-state index in [0.717, 1.165) is 0 Å². The number of aromatic nitrogens is 2. The van der Waals surface area contributed by atoms with E-state index in [4.69, 9.17) is 4.74 Å². The van der Waals surface area contributed by atoms with E-state index in [0.29, 0.717) is 24.4 Å². The third-order valence-corrected chi connectivity index (χ3v) is 5.41. The Balaban J connectivity index is 1.62. The maximum absolute atomic E-state index is 12.9. The second-order valence-corrected chi connectivity index (χ2v) is 7.28. The third kappa shape index (κ3) is 4.02. The maximum atomic E-state index is 12.9. The molecular weight excluding hydrogens is 321 g/mol. The van der Waals surface area contributed by atoms with Crippen LogP contribution in [-0.4, -0.2) is 41.9 Å². The van der Waals surface area contributed by atoms with E-state index in [-0.39, 0.29) is 24.2 Å². The monoisotopic (exact) mass is 337 g/mol. The average Bonchev–Trinajstić information content (AvgIpc) is 3.00. The summed E-state index contributed by atoms with van der Waals surface area (Å²) in [5, 5.41) is 0. The summed E-state index contributed by atoms with van der Waals surface area (Å²) in [6.45, 7) is 0.675. The Morgan fingerprint density at radius 1 is 1.26 bits per heavy atom. The van der Waals surface area contributed by atoms with Crippen molar-refractivity contribution in [2.75, 3.05) is 13.1 Å². The van der Waals surface area contributed by atoms with Crippen molar-refractivity contribution in [3.05, 3.63) is 54.2 Å². The molecule has 1 aromatic heterocycles. The van der Waals surface area contributed by atoms with E-state index in [9.17, 15) is 12.8 Å². The van der Waals surface area contributed by atoms with Gasteiger partial charge in [-0.15, -0.1) is 0 Å². The van der Waals surface area contributed by atoms with Gasteiger partial charge < -0.3 is 4.74 Å². The molecule has 0 N–H and O–H groups in total. The number of benzene rings is 1. The van der Waals surface area contributed by atoms with Crippen LogP contribution in [0.1, 0.15) is 12.0 Å². The van der Waals surface area contributed by atoms with Gasteiger partial charge in [0.05, 0.1) is 18.5 Å². The fourth-order valence-electron chi connectivity index (χ4n) is 2.45. The Bertz CT molecular complexity index is 753. The van der Waals surface area contributed by atoms with Crippen molar-refractivity contribution in [2.45, 2.75) is 18.3 Å². The summed E-state index contributed by atoms with van der Waals surface area (Å²) < 4.78 is 44.8. The number of hydrogen-bond donors (Lipinski definition) is 0. The van der Waals surface area contributed by atoms with E-state index in [1.54, 1.807) is 6.20 Å². The predicted molar refractivity (Wildman–Crippen MR) is 81.7 cm³/mol. The SMILES string of the molecule is O=S(=O)(Cc1ccc(F)cc1)N1CCC(Oc2cnccn2)C1. The molecule has 2 heterocycles. The first kappa shape index (κ1) is 15.8. The van der Waals surface area contributed by atoms with Crippen LogP contribution in [0, 0.1) is 5.82 Å². The van der Waals surface area contributed by atoms with Crippen molar-refractivity contribution in [1.82, 2.24) is 14.3 Å². The molecule has 0 spiro atoms. The fraction of sp³-hybridized carbons (Fsp3) is 0.333. The number of ether oxygens (including phenoxy) is 1. The molecule has 1 saturated heterocycles. The molecule has 122 valence electrons. The van der Waals surface area contributed by atoms with Gasteiger partial charge in [-0.25, -0.2) is 17.8 Å². The van der Waals surface area contributed by atoms with Crippen LogP contribution in [0.25, 0.3) is 0 Å². The van der Waals surface area contributed by atoms with Gasteiger partial charge in [-0.2, -0.15) is 4.31 Å². The molecule has 2 aromatic rings. The van der Waals surface area contributed by atoms with Crippen LogP contribution < -0.4 is 4.74 Å². The summed E-state index contributed by atoms with van der Waals surface area (Å²) >= 11 is 0. The third-order valence-electron chi connectivity index (χ3n) is 3.59. The Morgan fingerprint density at radius 2 is 2.04 bits per heavy atom. The van der Waals surface area contributed by atoms with E-state index in [2.05, 4.69) is 9.97 Å². The molecule has 23 heavy (non-hydrogen) atoms. The van der Waals surface area contributed by atoms with E-state index >= 15 is 0 Å². The van der Waals surface area contributed by atoms with Gasteiger partial charge in [-0.3, -0.25) is 4.98 Å². The molecule has 3 rings (SSSR count). The maximum Gasteiger partial charge on any atom is 0.232 e. The topological polar surface area (TPSA) is 72.4 Å². The molecule has 1 unspecified atom stereocenters. The van der Waals surface area contributed by atoms with Crippen LogP contribution in [0.5, 0.6) is 5.88 Å². The second kappa shape index (κ2) is 6.59. The van der Waals surface area contributed by atoms with Crippen molar-refractivity contribution in [3.63, 3.8) is 0 Å². The Hall–Kier alpha value is -2.06. The lowest BCUT2D eigenvalue weighted by atomic mass is 10.2. The van der Waals surface area contributed by atoms with E-state index in [1.807, 2.05) is 0 Å². The highest BCUT2D eigenvalue weighted by Gasteiger charge is 2.32. The summed E-state index contributed by atoms with van der Waals surface area (Å²) in [4.78, 5) is 7.92. The molecule has 0 radical (unpaired) electrons. The summed E-state index contributed by atoms with van der Waals surface area (Å²) in [5.41, 5.74) is 0.560. The average molecular weight is 337 g/mol. The van der Waals surface area contributed by atoms with Crippen molar-refractivity contribution in [2.24, 2.45) is 0 Å². The second-order valence-electron chi connectivity index (χ2n) is 5.31. The first-order valence-corrected chi connectivity index (χ1v) is 8.79. The minimum Gasteiger partial charge on any atom is -0.472 e. The Kier molecular flexibility index (Phi) is 4.53. The van der Waals surface area contributed by atoms with Gasteiger partial charge in [0.1, 0.15) is 11.9 Å². The van der Waals surface area contributed by atoms with Crippen LogP contribution in [0.4, 0.5) is 4.39 Å². The Labute approximate surface area is 134 Å². The summed E-state index contributed by atoms with van der Waals surface area (Å²) in [5.74, 6) is -0.148. The van der Waals surface area contributed by atoms with Crippen molar-refractivity contribution >= 4 is 10.0 Å². The minimum absolute atomic E-state index is 0.148.